The van der Waals surface area contributed by atoms with E-state index in [0.29, 0.717) is 23.2 Å². The third-order valence-electron chi connectivity index (χ3n) is 3.64. The van der Waals surface area contributed by atoms with Gasteiger partial charge in [-0.05, 0) is 47.7 Å². The van der Waals surface area contributed by atoms with Crippen molar-refractivity contribution < 1.29 is 18.7 Å². The molecule has 0 amide bonds. The van der Waals surface area contributed by atoms with E-state index in [9.17, 15) is 9.18 Å². The normalized spacial score (nSPS) is 10.6. The predicted octanol–water partition coefficient (Wildman–Crippen LogP) is 3.18. The molecule has 0 aliphatic rings. The minimum atomic E-state index is -0.580. The molecule has 140 valence electrons. The van der Waals surface area contributed by atoms with Crippen molar-refractivity contribution in [3.05, 3.63) is 53.8 Å². The Bertz CT molecular complexity index is 948. The van der Waals surface area contributed by atoms with Crippen LogP contribution in [0.3, 0.4) is 0 Å². The smallest absolute Gasteiger partial charge is 0.214 e. The third-order valence-corrected chi connectivity index (χ3v) is 4.56. The Hall–Kier alpha value is -2.94. The maximum absolute atomic E-state index is 13.8. The first-order valence-electron chi connectivity index (χ1n) is 8.14. The number of carbonyl (C=O) groups is 1. The van der Waals surface area contributed by atoms with Crippen LogP contribution in [0.2, 0.25) is 0 Å². The number of thioether (sulfide) groups is 1. The molecule has 1 heterocycles. The van der Waals surface area contributed by atoms with E-state index in [2.05, 4.69) is 15.5 Å². The van der Waals surface area contributed by atoms with Crippen LogP contribution in [0.25, 0.3) is 5.69 Å². The van der Waals surface area contributed by atoms with Crippen LogP contribution in [0.15, 0.2) is 47.6 Å². The second-order valence-electron chi connectivity index (χ2n) is 5.34. The Morgan fingerprint density at radius 2 is 2.04 bits per heavy atom. The summed E-state index contributed by atoms with van der Waals surface area (Å²) in [6.07, 6.45) is 0. The lowest BCUT2D eigenvalue weighted by atomic mass is 10.1. The molecule has 0 fully saturated rings. The predicted molar refractivity (Wildman–Crippen MR) is 98.3 cm³/mol. The van der Waals surface area contributed by atoms with Gasteiger partial charge < -0.3 is 9.47 Å². The summed E-state index contributed by atoms with van der Waals surface area (Å²) >= 11 is 1.16. The Morgan fingerprint density at radius 1 is 1.22 bits per heavy atom. The van der Waals surface area contributed by atoms with Crippen molar-refractivity contribution in [3.8, 4) is 17.2 Å². The second-order valence-corrected chi connectivity index (χ2v) is 6.28. The minimum Gasteiger partial charge on any atom is -0.494 e. The number of ketones is 1. The summed E-state index contributed by atoms with van der Waals surface area (Å²) in [6, 6.07) is 11.5. The van der Waals surface area contributed by atoms with Gasteiger partial charge in [-0.2, -0.15) is 4.68 Å². The number of hydrogen-bond acceptors (Lipinski definition) is 7. The average molecular weight is 388 g/mol. The number of hydrogen-bond donors (Lipinski definition) is 0. The lowest BCUT2D eigenvalue weighted by Crippen LogP contribution is -2.07. The van der Waals surface area contributed by atoms with E-state index >= 15 is 0 Å². The number of nitrogens with zero attached hydrogens (tertiary/aromatic N) is 4. The monoisotopic (exact) mass is 388 g/mol. The third kappa shape index (κ3) is 4.25. The molecule has 0 atom stereocenters. The largest absolute Gasteiger partial charge is 0.494 e. The molecule has 0 radical (unpaired) electrons. The fraction of sp³-hybridized carbons (Fsp3) is 0.222. The summed E-state index contributed by atoms with van der Waals surface area (Å²) in [7, 11) is 1.37. The van der Waals surface area contributed by atoms with E-state index < -0.39 is 5.82 Å². The summed E-state index contributed by atoms with van der Waals surface area (Å²) < 4.78 is 25.8. The molecule has 2 aromatic carbocycles. The molecule has 3 rings (SSSR count). The molecule has 0 unspecified atom stereocenters. The molecule has 0 spiro atoms. The van der Waals surface area contributed by atoms with E-state index in [1.54, 1.807) is 0 Å². The highest BCUT2D eigenvalue weighted by molar-refractivity contribution is 7.99. The van der Waals surface area contributed by atoms with Gasteiger partial charge in [-0.3, -0.25) is 4.79 Å². The topological polar surface area (TPSA) is 79.1 Å². The number of para-hydroxylation sites is 2. The Morgan fingerprint density at radius 3 is 2.78 bits per heavy atom. The minimum absolute atomic E-state index is 0.0585. The van der Waals surface area contributed by atoms with Crippen LogP contribution in [0.1, 0.15) is 17.3 Å². The molecule has 27 heavy (non-hydrogen) atoms. The summed E-state index contributed by atoms with van der Waals surface area (Å²) in [5.41, 5.74) is 0.935. The van der Waals surface area contributed by atoms with Crippen LogP contribution >= 0.6 is 11.8 Å². The number of rotatable bonds is 8. The van der Waals surface area contributed by atoms with Gasteiger partial charge in [0.2, 0.25) is 5.16 Å². The van der Waals surface area contributed by atoms with Gasteiger partial charge in [-0.25, -0.2) is 4.39 Å². The first-order valence-corrected chi connectivity index (χ1v) is 9.12. The highest BCUT2D eigenvalue weighted by atomic mass is 32.2. The van der Waals surface area contributed by atoms with Gasteiger partial charge in [0.1, 0.15) is 11.4 Å². The number of methoxy groups -OCH3 is 1. The fourth-order valence-electron chi connectivity index (χ4n) is 2.38. The highest BCUT2D eigenvalue weighted by Gasteiger charge is 2.16. The number of tetrazole rings is 1. The zero-order valence-corrected chi connectivity index (χ0v) is 15.6. The quantitative estimate of drug-likeness (QED) is 0.433. The number of ether oxygens (including phenoxy) is 2. The molecule has 3 aromatic rings. The van der Waals surface area contributed by atoms with Crippen LogP contribution in [-0.4, -0.2) is 45.5 Å². The molecular weight excluding hydrogens is 371 g/mol. The maximum atomic E-state index is 13.8. The summed E-state index contributed by atoms with van der Waals surface area (Å²) in [6.45, 7) is 2.39. The van der Waals surface area contributed by atoms with Gasteiger partial charge in [0, 0.05) is 5.56 Å². The summed E-state index contributed by atoms with van der Waals surface area (Å²) in [5, 5.41) is 12.1. The van der Waals surface area contributed by atoms with Crippen LogP contribution < -0.4 is 9.47 Å². The Kier molecular flexibility index (Phi) is 6.02. The van der Waals surface area contributed by atoms with Gasteiger partial charge in [-0.1, -0.05) is 23.9 Å². The lowest BCUT2D eigenvalue weighted by Gasteiger charge is -2.10. The molecule has 0 aliphatic carbocycles. The molecule has 7 nitrogen and oxygen atoms in total. The zero-order valence-electron chi connectivity index (χ0n) is 14.8. The van der Waals surface area contributed by atoms with Crippen LogP contribution in [0.4, 0.5) is 4.39 Å². The SMILES string of the molecule is CCOc1ccccc1-n1nnnc1SCC(=O)c1ccc(OC)c(F)c1. The van der Waals surface area contributed by atoms with E-state index in [-0.39, 0.29) is 22.8 Å². The van der Waals surface area contributed by atoms with E-state index in [1.807, 2.05) is 31.2 Å². The van der Waals surface area contributed by atoms with E-state index in [1.165, 1.54) is 23.9 Å². The summed E-state index contributed by atoms with van der Waals surface area (Å²) in [4.78, 5) is 12.4. The van der Waals surface area contributed by atoms with Crippen molar-refractivity contribution in [3.63, 3.8) is 0 Å². The molecule has 0 saturated carbocycles. The molecule has 0 bridgehead atoms. The van der Waals surface area contributed by atoms with E-state index in [0.717, 1.165) is 17.8 Å². The highest BCUT2D eigenvalue weighted by Crippen LogP contribution is 2.26. The van der Waals surface area contributed by atoms with Crippen LogP contribution in [-0.2, 0) is 0 Å². The lowest BCUT2D eigenvalue weighted by molar-refractivity contribution is 0.102. The molecular formula is C18H17FN4O3S. The van der Waals surface area contributed by atoms with Gasteiger partial charge in [0.25, 0.3) is 0 Å². The molecule has 1 aromatic heterocycles. The Labute approximate surface area is 159 Å². The van der Waals surface area contributed by atoms with Gasteiger partial charge >= 0.3 is 0 Å². The van der Waals surface area contributed by atoms with Crippen LogP contribution in [0.5, 0.6) is 11.5 Å². The Balaban J connectivity index is 1.76. The molecule has 9 heteroatoms. The zero-order chi connectivity index (χ0) is 19.2. The second kappa shape index (κ2) is 8.63. The number of aromatic nitrogens is 4. The van der Waals surface area contributed by atoms with Gasteiger partial charge in [0.15, 0.2) is 17.3 Å². The van der Waals surface area contributed by atoms with Crippen molar-refractivity contribution in [2.45, 2.75) is 12.1 Å². The standard InChI is InChI=1S/C18H17FN4O3S/c1-3-26-17-7-5-4-6-14(17)23-18(20-21-22-23)27-11-15(24)12-8-9-16(25-2)13(19)10-12/h4-10H,3,11H2,1-2H3. The first kappa shape index (κ1) is 18.8. The van der Waals surface area contributed by atoms with E-state index in [4.69, 9.17) is 9.47 Å². The average Bonchev–Trinajstić information content (AvgIpc) is 3.15. The van der Waals surface area contributed by atoms with Crippen molar-refractivity contribution in [2.75, 3.05) is 19.5 Å². The number of Topliss-reactive ketones (excluding diaryl/α,β-unsaturated/α-hetero) is 1. The molecule has 0 saturated heterocycles. The first-order chi connectivity index (χ1) is 13.1. The van der Waals surface area contributed by atoms with Crippen molar-refractivity contribution in [1.82, 2.24) is 20.2 Å². The van der Waals surface area contributed by atoms with Crippen LogP contribution in [0, 0.1) is 5.82 Å². The van der Waals surface area contributed by atoms with Gasteiger partial charge in [0.05, 0.1) is 19.5 Å². The summed E-state index contributed by atoms with van der Waals surface area (Å²) in [5.74, 6) is -0.0328. The number of halogens is 1. The fourth-order valence-corrected chi connectivity index (χ4v) is 3.16. The van der Waals surface area contributed by atoms with Crippen molar-refractivity contribution in [1.29, 1.82) is 0 Å². The van der Waals surface area contributed by atoms with Crippen molar-refractivity contribution >= 4 is 17.5 Å². The number of carbonyl (C=O) groups excluding carboxylic acids is 1. The molecule has 0 aliphatic heterocycles. The number of benzene rings is 2. The molecule has 0 N–H and O–H groups in total. The maximum Gasteiger partial charge on any atom is 0.214 e. The van der Waals surface area contributed by atoms with Crippen molar-refractivity contribution in [2.24, 2.45) is 0 Å². The van der Waals surface area contributed by atoms with Gasteiger partial charge in [-0.15, -0.1) is 5.10 Å².